The van der Waals surface area contributed by atoms with Crippen molar-refractivity contribution in [1.29, 1.82) is 0 Å². The first-order valence-corrected chi connectivity index (χ1v) is 5.83. The third-order valence-corrected chi connectivity index (χ3v) is 2.86. The Hall–Kier alpha value is -1.77. The molecule has 2 rings (SSSR count). The molecule has 1 aliphatic heterocycles. The average Bonchev–Trinajstić information content (AvgIpc) is 2.37. The van der Waals surface area contributed by atoms with Gasteiger partial charge >= 0.3 is 5.97 Å². The van der Waals surface area contributed by atoms with Crippen LogP contribution in [0.3, 0.4) is 0 Å². The molecule has 0 amide bonds. The molecular formula is C14H16O3. The van der Waals surface area contributed by atoms with E-state index in [0.29, 0.717) is 18.8 Å². The van der Waals surface area contributed by atoms with E-state index in [4.69, 9.17) is 9.47 Å². The molecule has 0 N–H and O–H groups in total. The first kappa shape index (κ1) is 11.7. The fourth-order valence-corrected chi connectivity index (χ4v) is 1.99. The molecule has 1 aromatic carbocycles. The Labute approximate surface area is 101 Å². The van der Waals surface area contributed by atoms with Gasteiger partial charge in [0.05, 0.1) is 13.2 Å². The van der Waals surface area contributed by atoms with E-state index in [1.54, 1.807) is 0 Å². The summed E-state index contributed by atoms with van der Waals surface area (Å²) in [6, 6.07) is 7.78. The molecule has 17 heavy (non-hydrogen) atoms. The van der Waals surface area contributed by atoms with Gasteiger partial charge in [-0.05, 0) is 25.5 Å². The van der Waals surface area contributed by atoms with Gasteiger partial charge in [0.2, 0.25) is 0 Å². The molecule has 3 heteroatoms. The van der Waals surface area contributed by atoms with Crippen molar-refractivity contribution in [3.8, 4) is 5.75 Å². The smallest absolute Gasteiger partial charge is 0.334 e. The van der Waals surface area contributed by atoms with Crippen LogP contribution < -0.4 is 4.74 Å². The number of fused-ring (bicyclic) bond motifs is 1. The number of rotatable bonds is 2. The van der Waals surface area contributed by atoms with Gasteiger partial charge in [-0.15, -0.1) is 0 Å². The summed E-state index contributed by atoms with van der Waals surface area (Å²) < 4.78 is 10.6. The van der Waals surface area contributed by atoms with Gasteiger partial charge in [0, 0.05) is 17.6 Å². The first-order chi connectivity index (χ1) is 8.24. The van der Waals surface area contributed by atoms with Crippen LogP contribution >= 0.6 is 0 Å². The second-order valence-corrected chi connectivity index (χ2v) is 3.92. The quantitative estimate of drug-likeness (QED) is 0.581. The number of ether oxygens (including phenoxy) is 2. The van der Waals surface area contributed by atoms with Gasteiger partial charge in [-0.3, -0.25) is 0 Å². The highest BCUT2D eigenvalue weighted by atomic mass is 16.5. The first-order valence-electron chi connectivity index (χ1n) is 5.83. The number of benzene rings is 1. The van der Waals surface area contributed by atoms with Gasteiger partial charge in [0.1, 0.15) is 5.75 Å². The second kappa shape index (κ2) is 5.04. The minimum absolute atomic E-state index is 0.237. The lowest BCUT2D eigenvalue weighted by molar-refractivity contribution is -0.138. The summed E-state index contributed by atoms with van der Waals surface area (Å²) in [5.74, 6) is 0.608. The summed E-state index contributed by atoms with van der Waals surface area (Å²) in [5.41, 5.74) is 2.72. The Bertz CT molecular complexity index is 460. The molecule has 0 atom stereocenters. The standard InChI is InChI=1S/C14H16O3/c1-3-16-14(15)10(2)11-8-9-17-13-7-5-4-6-12(11)13/h4-7H,3,8-9H2,1-2H3/b11-10-. The van der Waals surface area contributed by atoms with Crippen molar-refractivity contribution < 1.29 is 14.3 Å². The van der Waals surface area contributed by atoms with E-state index in [1.807, 2.05) is 38.1 Å². The molecule has 0 saturated heterocycles. The number of carbonyl (C=O) groups is 1. The molecule has 0 bridgehead atoms. The van der Waals surface area contributed by atoms with Crippen molar-refractivity contribution in [2.45, 2.75) is 20.3 Å². The van der Waals surface area contributed by atoms with Crippen LogP contribution in [-0.2, 0) is 9.53 Å². The third-order valence-electron chi connectivity index (χ3n) is 2.86. The van der Waals surface area contributed by atoms with Crippen molar-refractivity contribution in [2.75, 3.05) is 13.2 Å². The Morgan fingerprint density at radius 3 is 2.94 bits per heavy atom. The summed E-state index contributed by atoms with van der Waals surface area (Å²) in [7, 11) is 0. The van der Waals surface area contributed by atoms with Crippen LogP contribution in [0, 0.1) is 0 Å². The highest BCUT2D eigenvalue weighted by Gasteiger charge is 2.20. The lowest BCUT2D eigenvalue weighted by Crippen LogP contribution is -2.13. The van der Waals surface area contributed by atoms with Crippen LogP contribution in [0.5, 0.6) is 5.75 Å². The predicted molar refractivity (Wildman–Crippen MR) is 65.8 cm³/mol. The average molecular weight is 232 g/mol. The minimum Gasteiger partial charge on any atom is -0.493 e. The topological polar surface area (TPSA) is 35.5 Å². The molecule has 1 heterocycles. The lowest BCUT2D eigenvalue weighted by atomic mass is 9.95. The fourth-order valence-electron chi connectivity index (χ4n) is 1.99. The molecule has 90 valence electrons. The van der Waals surface area contributed by atoms with E-state index in [-0.39, 0.29) is 5.97 Å². The van der Waals surface area contributed by atoms with Gasteiger partial charge in [-0.25, -0.2) is 4.79 Å². The van der Waals surface area contributed by atoms with E-state index in [2.05, 4.69) is 0 Å². The maximum Gasteiger partial charge on any atom is 0.334 e. The van der Waals surface area contributed by atoms with Crippen LogP contribution in [0.15, 0.2) is 29.8 Å². The Balaban J connectivity index is 2.40. The van der Waals surface area contributed by atoms with Crippen molar-refractivity contribution in [3.05, 3.63) is 35.4 Å². The van der Waals surface area contributed by atoms with Gasteiger partial charge < -0.3 is 9.47 Å². The van der Waals surface area contributed by atoms with Crippen LogP contribution in [0.4, 0.5) is 0 Å². The van der Waals surface area contributed by atoms with E-state index in [0.717, 1.165) is 23.3 Å². The summed E-state index contributed by atoms with van der Waals surface area (Å²) in [5, 5.41) is 0. The molecule has 0 spiro atoms. The molecule has 0 radical (unpaired) electrons. The summed E-state index contributed by atoms with van der Waals surface area (Å²) in [6.07, 6.45) is 0.752. The number of hydrogen-bond acceptors (Lipinski definition) is 3. The number of para-hydroxylation sites is 1. The largest absolute Gasteiger partial charge is 0.493 e. The van der Waals surface area contributed by atoms with Crippen molar-refractivity contribution in [2.24, 2.45) is 0 Å². The van der Waals surface area contributed by atoms with E-state index < -0.39 is 0 Å². The Morgan fingerprint density at radius 1 is 1.41 bits per heavy atom. The van der Waals surface area contributed by atoms with E-state index in [1.165, 1.54) is 0 Å². The molecule has 0 aromatic heterocycles. The minimum atomic E-state index is -0.237. The van der Waals surface area contributed by atoms with Crippen LogP contribution in [0.1, 0.15) is 25.8 Å². The van der Waals surface area contributed by atoms with Crippen LogP contribution in [0.25, 0.3) is 5.57 Å². The lowest BCUT2D eigenvalue weighted by Gasteiger charge is -2.21. The molecule has 1 aromatic rings. The zero-order chi connectivity index (χ0) is 12.3. The number of esters is 1. The molecule has 0 aliphatic carbocycles. The number of carbonyl (C=O) groups excluding carboxylic acids is 1. The molecular weight excluding hydrogens is 216 g/mol. The molecule has 0 saturated carbocycles. The summed E-state index contributed by atoms with van der Waals surface area (Å²) >= 11 is 0. The van der Waals surface area contributed by atoms with E-state index >= 15 is 0 Å². The second-order valence-electron chi connectivity index (χ2n) is 3.92. The molecule has 0 unspecified atom stereocenters. The summed E-state index contributed by atoms with van der Waals surface area (Å²) in [6.45, 7) is 4.65. The maximum atomic E-state index is 11.7. The van der Waals surface area contributed by atoms with Crippen LogP contribution in [-0.4, -0.2) is 19.2 Å². The van der Waals surface area contributed by atoms with Gasteiger partial charge in [-0.1, -0.05) is 18.2 Å². The maximum absolute atomic E-state index is 11.7. The third kappa shape index (κ3) is 2.33. The zero-order valence-corrected chi connectivity index (χ0v) is 10.2. The van der Waals surface area contributed by atoms with E-state index in [9.17, 15) is 4.79 Å². The Morgan fingerprint density at radius 2 is 2.18 bits per heavy atom. The highest BCUT2D eigenvalue weighted by Crippen LogP contribution is 2.34. The Kier molecular flexibility index (Phi) is 3.47. The molecule has 3 nitrogen and oxygen atoms in total. The van der Waals surface area contributed by atoms with Gasteiger partial charge in [0.15, 0.2) is 0 Å². The van der Waals surface area contributed by atoms with Crippen LogP contribution in [0.2, 0.25) is 0 Å². The predicted octanol–water partition coefficient (Wildman–Crippen LogP) is 2.81. The summed E-state index contributed by atoms with van der Waals surface area (Å²) in [4.78, 5) is 11.7. The monoisotopic (exact) mass is 232 g/mol. The molecule has 1 aliphatic rings. The van der Waals surface area contributed by atoms with Crippen molar-refractivity contribution >= 4 is 11.5 Å². The van der Waals surface area contributed by atoms with Gasteiger partial charge in [-0.2, -0.15) is 0 Å². The molecule has 0 fully saturated rings. The normalized spacial score (nSPS) is 16.8. The van der Waals surface area contributed by atoms with Gasteiger partial charge in [0.25, 0.3) is 0 Å². The highest BCUT2D eigenvalue weighted by molar-refractivity contribution is 5.98. The van der Waals surface area contributed by atoms with Crippen molar-refractivity contribution in [3.63, 3.8) is 0 Å². The SMILES string of the molecule is CCOC(=O)/C(C)=C1/CCOc2ccccc21. The number of hydrogen-bond donors (Lipinski definition) is 0. The zero-order valence-electron chi connectivity index (χ0n) is 10.2. The van der Waals surface area contributed by atoms with Crippen molar-refractivity contribution in [1.82, 2.24) is 0 Å². The fraction of sp³-hybridized carbons (Fsp3) is 0.357.